The first kappa shape index (κ1) is 12.7. The third-order valence-electron chi connectivity index (χ3n) is 3.14. The number of rotatable bonds is 6. The van der Waals surface area contributed by atoms with Crippen molar-refractivity contribution in [2.45, 2.75) is 12.8 Å². The van der Waals surface area contributed by atoms with Crippen LogP contribution < -0.4 is 10.1 Å². The maximum Gasteiger partial charge on any atom is 0.165 e. The first-order valence-electron chi connectivity index (χ1n) is 6.12. The highest BCUT2D eigenvalue weighted by Crippen LogP contribution is 2.34. The van der Waals surface area contributed by atoms with Gasteiger partial charge in [0, 0.05) is 23.9 Å². The average molecular weight is 247 g/mol. The van der Waals surface area contributed by atoms with Crippen molar-refractivity contribution in [2.75, 3.05) is 13.7 Å². The molecule has 1 N–H and O–H groups in total. The lowest BCUT2D eigenvalue weighted by Crippen LogP contribution is -2.08. The van der Waals surface area contributed by atoms with Crippen LogP contribution in [-0.2, 0) is 0 Å². The van der Waals surface area contributed by atoms with E-state index in [1.54, 1.807) is 19.2 Å². The number of benzene rings is 1. The summed E-state index contributed by atoms with van der Waals surface area (Å²) in [5.41, 5.74) is 2.20. The van der Waals surface area contributed by atoms with Gasteiger partial charge in [0.2, 0.25) is 0 Å². The van der Waals surface area contributed by atoms with Gasteiger partial charge in [0.1, 0.15) is 0 Å². The first-order valence-corrected chi connectivity index (χ1v) is 6.12. The molecule has 96 valence electrons. The molecule has 0 radical (unpaired) electrons. The lowest BCUT2D eigenvalue weighted by molar-refractivity contribution is 0.284. The molecule has 0 saturated heterocycles. The fourth-order valence-electron chi connectivity index (χ4n) is 1.81. The summed E-state index contributed by atoms with van der Waals surface area (Å²) >= 11 is 0. The molecule has 18 heavy (non-hydrogen) atoms. The number of ether oxygens (including phenoxy) is 1. The van der Waals surface area contributed by atoms with Gasteiger partial charge in [-0.2, -0.15) is 0 Å². The molecule has 1 saturated carbocycles. The summed E-state index contributed by atoms with van der Waals surface area (Å²) in [5, 5.41) is 2.96. The number of hydrogen-bond donors (Lipinski definition) is 1. The van der Waals surface area contributed by atoms with E-state index >= 15 is 0 Å². The Morgan fingerprint density at radius 3 is 2.83 bits per heavy atom. The summed E-state index contributed by atoms with van der Waals surface area (Å²) in [4.78, 5) is 0. The van der Waals surface area contributed by atoms with E-state index in [1.807, 2.05) is 0 Å². The fourth-order valence-corrected chi connectivity index (χ4v) is 1.81. The lowest BCUT2D eigenvalue weighted by Gasteiger charge is -2.15. The summed E-state index contributed by atoms with van der Waals surface area (Å²) in [7, 11) is 1.78. The quantitative estimate of drug-likeness (QED) is 0.831. The molecule has 1 aromatic rings. The molecule has 0 aliphatic heterocycles. The number of hydrogen-bond acceptors (Lipinski definition) is 2. The second-order valence-corrected chi connectivity index (χ2v) is 4.52. The molecule has 3 heteroatoms. The SMILES string of the molecule is C=Cc1c(C(=C)NC)ccc(F)c1OCC1CC1. The van der Waals surface area contributed by atoms with Crippen LogP contribution in [-0.4, -0.2) is 13.7 Å². The Bertz CT molecular complexity index is 478. The third kappa shape index (κ3) is 2.55. The lowest BCUT2D eigenvalue weighted by atomic mass is 10.0. The second-order valence-electron chi connectivity index (χ2n) is 4.52. The minimum absolute atomic E-state index is 0.283. The van der Waals surface area contributed by atoms with Crippen molar-refractivity contribution in [3.05, 3.63) is 42.2 Å². The Labute approximate surface area is 107 Å². The van der Waals surface area contributed by atoms with E-state index in [-0.39, 0.29) is 11.6 Å². The highest BCUT2D eigenvalue weighted by molar-refractivity contribution is 5.75. The van der Waals surface area contributed by atoms with E-state index in [4.69, 9.17) is 4.74 Å². The molecule has 0 amide bonds. The van der Waals surface area contributed by atoms with Gasteiger partial charge in [-0.05, 0) is 30.9 Å². The van der Waals surface area contributed by atoms with E-state index in [9.17, 15) is 4.39 Å². The molecule has 1 aliphatic rings. The molecule has 0 bridgehead atoms. The Kier molecular flexibility index (Phi) is 3.70. The molecule has 0 aromatic heterocycles. The Morgan fingerprint density at radius 2 is 2.28 bits per heavy atom. The van der Waals surface area contributed by atoms with Crippen molar-refractivity contribution >= 4 is 11.8 Å². The monoisotopic (exact) mass is 247 g/mol. The van der Waals surface area contributed by atoms with Crippen molar-refractivity contribution in [1.82, 2.24) is 5.32 Å². The van der Waals surface area contributed by atoms with Crippen LogP contribution in [0.5, 0.6) is 5.75 Å². The van der Waals surface area contributed by atoms with Gasteiger partial charge in [-0.1, -0.05) is 19.2 Å². The topological polar surface area (TPSA) is 21.3 Å². The minimum atomic E-state index is -0.349. The summed E-state index contributed by atoms with van der Waals surface area (Å²) in [6.45, 7) is 8.21. The highest BCUT2D eigenvalue weighted by Gasteiger charge is 2.23. The van der Waals surface area contributed by atoms with Crippen molar-refractivity contribution in [1.29, 1.82) is 0 Å². The predicted octanol–water partition coefficient (Wildman–Crippen LogP) is 3.45. The molecule has 0 atom stereocenters. The molecule has 1 aliphatic carbocycles. The fraction of sp³-hybridized carbons (Fsp3) is 0.333. The predicted molar refractivity (Wildman–Crippen MR) is 72.8 cm³/mol. The van der Waals surface area contributed by atoms with Crippen LogP contribution in [0.2, 0.25) is 0 Å². The van der Waals surface area contributed by atoms with Crippen LogP contribution in [0, 0.1) is 11.7 Å². The van der Waals surface area contributed by atoms with Crippen LogP contribution in [0.25, 0.3) is 11.8 Å². The summed E-state index contributed by atoms with van der Waals surface area (Å²) < 4.78 is 19.4. The average Bonchev–Trinajstić information content (AvgIpc) is 3.20. The summed E-state index contributed by atoms with van der Waals surface area (Å²) in [5.74, 6) is 0.516. The molecule has 2 rings (SSSR count). The second kappa shape index (κ2) is 5.25. The molecule has 1 fully saturated rings. The van der Waals surface area contributed by atoms with Crippen LogP contribution in [0.15, 0.2) is 25.3 Å². The van der Waals surface area contributed by atoms with Crippen LogP contribution in [0.1, 0.15) is 24.0 Å². The largest absolute Gasteiger partial charge is 0.490 e. The van der Waals surface area contributed by atoms with E-state index in [0.717, 1.165) is 11.3 Å². The third-order valence-corrected chi connectivity index (χ3v) is 3.14. The molecule has 0 unspecified atom stereocenters. The normalized spacial score (nSPS) is 14.1. The summed E-state index contributed by atoms with van der Waals surface area (Å²) in [6.07, 6.45) is 3.96. The van der Waals surface area contributed by atoms with Crippen molar-refractivity contribution in [3.8, 4) is 5.75 Å². The zero-order valence-electron chi connectivity index (χ0n) is 10.6. The van der Waals surface area contributed by atoms with E-state index in [2.05, 4.69) is 18.5 Å². The Morgan fingerprint density at radius 1 is 1.56 bits per heavy atom. The van der Waals surface area contributed by atoms with Crippen LogP contribution >= 0.6 is 0 Å². The zero-order chi connectivity index (χ0) is 13.1. The van der Waals surface area contributed by atoms with Gasteiger partial charge >= 0.3 is 0 Å². The standard InChI is InChI=1S/C15H18FNO/c1-4-12-13(10(2)17-3)7-8-14(16)15(12)18-9-11-5-6-11/h4,7-8,11,17H,1-2,5-6,9H2,3H3. The molecule has 2 nitrogen and oxygen atoms in total. The van der Waals surface area contributed by atoms with Gasteiger partial charge < -0.3 is 10.1 Å². The zero-order valence-corrected chi connectivity index (χ0v) is 10.6. The highest BCUT2D eigenvalue weighted by atomic mass is 19.1. The number of halogens is 1. The van der Waals surface area contributed by atoms with Crippen LogP contribution in [0.3, 0.4) is 0 Å². The van der Waals surface area contributed by atoms with Gasteiger partial charge in [0.25, 0.3) is 0 Å². The molecule has 0 spiro atoms. The smallest absolute Gasteiger partial charge is 0.165 e. The van der Waals surface area contributed by atoms with Crippen LogP contribution in [0.4, 0.5) is 4.39 Å². The molecule has 1 aromatic carbocycles. The molecule has 0 heterocycles. The van der Waals surface area contributed by atoms with Gasteiger partial charge in [0.15, 0.2) is 11.6 Å². The van der Waals surface area contributed by atoms with Crippen molar-refractivity contribution < 1.29 is 9.13 Å². The maximum absolute atomic E-state index is 13.8. The van der Waals surface area contributed by atoms with E-state index in [1.165, 1.54) is 18.9 Å². The van der Waals surface area contributed by atoms with E-state index in [0.29, 0.717) is 18.1 Å². The van der Waals surface area contributed by atoms with Gasteiger partial charge in [-0.15, -0.1) is 0 Å². The van der Waals surface area contributed by atoms with Gasteiger partial charge in [0.05, 0.1) is 6.61 Å². The Balaban J connectivity index is 2.34. The van der Waals surface area contributed by atoms with Gasteiger partial charge in [-0.3, -0.25) is 0 Å². The van der Waals surface area contributed by atoms with Crippen molar-refractivity contribution in [3.63, 3.8) is 0 Å². The maximum atomic E-state index is 13.8. The number of nitrogens with one attached hydrogen (secondary N) is 1. The summed E-state index contributed by atoms with van der Waals surface area (Å²) in [6, 6.07) is 3.10. The Hall–Kier alpha value is -1.77. The van der Waals surface area contributed by atoms with Crippen molar-refractivity contribution in [2.24, 2.45) is 5.92 Å². The van der Waals surface area contributed by atoms with Gasteiger partial charge in [-0.25, -0.2) is 4.39 Å². The molecular formula is C15H18FNO. The first-order chi connectivity index (χ1) is 8.67. The molecular weight excluding hydrogens is 229 g/mol. The minimum Gasteiger partial charge on any atom is -0.490 e. The van der Waals surface area contributed by atoms with E-state index < -0.39 is 0 Å².